The van der Waals surface area contributed by atoms with Crippen LogP contribution in [0, 0.1) is 0 Å². The molecule has 2 aromatic rings. The second-order valence-corrected chi connectivity index (χ2v) is 3.47. The molecule has 5 heteroatoms. The minimum Gasteiger partial charge on any atom is -0.449 e. The lowest BCUT2D eigenvalue weighted by Gasteiger charge is -2.03. The predicted octanol–water partition coefficient (Wildman–Crippen LogP) is -1.51. The molecule has 15 heavy (non-hydrogen) atoms. The van der Waals surface area contributed by atoms with E-state index in [1.54, 1.807) is 12.1 Å². The highest BCUT2D eigenvalue weighted by molar-refractivity contribution is 6.59. The molecule has 0 atom stereocenters. The smallest absolute Gasteiger partial charge is 0.449 e. The molecular formula is C10H10B2O3. The van der Waals surface area contributed by atoms with Crippen LogP contribution >= 0.6 is 0 Å². The highest BCUT2D eigenvalue weighted by Gasteiger charge is 2.10. The molecule has 0 unspecified atom stereocenters. The second kappa shape index (κ2) is 4.06. The van der Waals surface area contributed by atoms with Crippen molar-refractivity contribution in [3.63, 3.8) is 0 Å². The van der Waals surface area contributed by atoms with Crippen LogP contribution in [0.1, 0.15) is 0 Å². The van der Waals surface area contributed by atoms with Crippen LogP contribution in [0.3, 0.4) is 0 Å². The summed E-state index contributed by atoms with van der Waals surface area (Å²) in [6.07, 6.45) is 0. The van der Waals surface area contributed by atoms with Gasteiger partial charge in [-0.25, -0.2) is 0 Å². The second-order valence-electron chi connectivity index (χ2n) is 3.47. The fourth-order valence-electron chi connectivity index (χ4n) is 1.57. The Morgan fingerprint density at radius 3 is 2.27 bits per heavy atom. The topological polar surface area (TPSA) is 60.7 Å². The Bertz CT molecular complexity index is 485. The summed E-state index contributed by atoms with van der Waals surface area (Å²) in [4.78, 5) is 0. The zero-order valence-electron chi connectivity index (χ0n) is 8.09. The molecule has 0 amide bonds. The van der Waals surface area contributed by atoms with Gasteiger partial charge in [0, 0.05) is 0 Å². The van der Waals surface area contributed by atoms with Crippen molar-refractivity contribution in [1.82, 2.24) is 0 Å². The fraction of sp³-hybridized carbons (Fsp3) is 0. The molecule has 0 spiro atoms. The minimum atomic E-state index is -1.44. The van der Waals surface area contributed by atoms with Gasteiger partial charge in [-0.1, -0.05) is 41.9 Å². The molecule has 0 aromatic heterocycles. The summed E-state index contributed by atoms with van der Waals surface area (Å²) in [7, 11) is -1.42. The lowest BCUT2D eigenvalue weighted by atomic mass is 9.78. The maximum absolute atomic E-state index is 9.00. The van der Waals surface area contributed by atoms with Crippen molar-refractivity contribution < 1.29 is 15.1 Å². The molecule has 2 aromatic carbocycles. The van der Waals surface area contributed by atoms with Gasteiger partial charge in [0.15, 0.2) is 0 Å². The van der Waals surface area contributed by atoms with Crippen LogP contribution in [-0.2, 0) is 0 Å². The lowest BCUT2D eigenvalue weighted by molar-refractivity contribution is 0.426. The molecule has 0 radical (unpaired) electrons. The lowest BCUT2D eigenvalue weighted by Crippen LogP contribution is -2.29. The molecule has 3 N–H and O–H groups in total. The summed E-state index contributed by atoms with van der Waals surface area (Å²) in [5, 5.41) is 28.9. The maximum Gasteiger partial charge on any atom is 0.488 e. The molecule has 0 bridgehead atoms. The van der Waals surface area contributed by atoms with Crippen molar-refractivity contribution in [2.45, 2.75) is 0 Å². The fourth-order valence-corrected chi connectivity index (χ4v) is 1.57. The van der Waals surface area contributed by atoms with Crippen LogP contribution in [0.5, 0.6) is 0 Å². The van der Waals surface area contributed by atoms with Gasteiger partial charge >= 0.3 is 14.6 Å². The SMILES string of the molecule is OBc1ccc2cc(B(O)O)ccc2c1. The van der Waals surface area contributed by atoms with E-state index in [1.807, 2.05) is 24.3 Å². The van der Waals surface area contributed by atoms with E-state index in [1.165, 1.54) is 0 Å². The summed E-state index contributed by atoms with van der Waals surface area (Å²) in [6.45, 7) is 0. The van der Waals surface area contributed by atoms with E-state index in [2.05, 4.69) is 0 Å². The number of benzene rings is 2. The van der Waals surface area contributed by atoms with Crippen molar-refractivity contribution in [2.75, 3.05) is 0 Å². The van der Waals surface area contributed by atoms with Crippen molar-refractivity contribution in [2.24, 2.45) is 0 Å². The predicted molar refractivity (Wildman–Crippen MR) is 62.8 cm³/mol. The Hall–Kier alpha value is -1.29. The Kier molecular flexibility index (Phi) is 2.77. The van der Waals surface area contributed by atoms with Crippen molar-refractivity contribution in [1.29, 1.82) is 0 Å². The molecule has 0 aliphatic heterocycles. The van der Waals surface area contributed by atoms with Gasteiger partial charge in [-0.3, -0.25) is 0 Å². The maximum atomic E-state index is 9.00. The summed E-state index contributed by atoms with van der Waals surface area (Å²) in [5.41, 5.74) is 1.32. The van der Waals surface area contributed by atoms with E-state index in [0.717, 1.165) is 16.2 Å². The van der Waals surface area contributed by atoms with Crippen molar-refractivity contribution in [3.05, 3.63) is 36.4 Å². The third kappa shape index (κ3) is 2.04. The van der Waals surface area contributed by atoms with Crippen LogP contribution in [0.25, 0.3) is 10.8 Å². The number of hydrogen-bond acceptors (Lipinski definition) is 3. The average Bonchev–Trinajstić information content (AvgIpc) is 2.27. The summed E-state index contributed by atoms with van der Waals surface area (Å²) < 4.78 is 0. The Labute approximate surface area is 88.4 Å². The first-order valence-corrected chi connectivity index (χ1v) is 4.70. The first-order chi connectivity index (χ1) is 7.20. The van der Waals surface area contributed by atoms with Crippen LogP contribution in [0.4, 0.5) is 0 Å². The van der Waals surface area contributed by atoms with Crippen LogP contribution in [0.15, 0.2) is 36.4 Å². The van der Waals surface area contributed by atoms with E-state index in [0.29, 0.717) is 5.46 Å². The Morgan fingerprint density at radius 2 is 1.60 bits per heavy atom. The van der Waals surface area contributed by atoms with Gasteiger partial charge in [-0.2, -0.15) is 0 Å². The molecule has 0 saturated carbocycles. The molecular weight excluding hydrogens is 190 g/mol. The molecule has 0 aliphatic rings. The third-order valence-electron chi connectivity index (χ3n) is 2.41. The molecule has 3 nitrogen and oxygen atoms in total. The van der Waals surface area contributed by atoms with Gasteiger partial charge in [0.05, 0.1) is 0 Å². The van der Waals surface area contributed by atoms with E-state index in [9.17, 15) is 0 Å². The highest BCUT2D eigenvalue weighted by Crippen LogP contribution is 2.10. The average molecular weight is 200 g/mol. The zero-order chi connectivity index (χ0) is 10.8. The molecule has 74 valence electrons. The van der Waals surface area contributed by atoms with Gasteiger partial charge in [0.1, 0.15) is 0 Å². The zero-order valence-corrected chi connectivity index (χ0v) is 8.09. The van der Waals surface area contributed by atoms with E-state index in [-0.39, 0.29) is 7.48 Å². The van der Waals surface area contributed by atoms with E-state index >= 15 is 0 Å². The third-order valence-corrected chi connectivity index (χ3v) is 2.41. The van der Waals surface area contributed by atoms with Gasteiger partial charge in [0.25, 0.3) is 0 Å². The van der Waals surface area contributed by atoms with Crippen molar-refractivity contribution >= 4 is 36.3 Å². The molecule has 0 heterocycles. The summed E-state index contributed by atoms with van der Waals surface area (Å²) in [6, 6.07) is 10.7. The largest absolute Gasteiger partial charge is 0.488 e. The van der Waals surface area contributed by atoms with Gasteiger partial charge < -0.3 is 15.1 Å². The quantitative estimate of drug-likeness (QED) is 0.516. The normalized spacial score (nSPS) is 10.3. The number of fused-ring (bicyclic) bond motifs is 1. The first kappa shape index (κ1) is 10.2. The molecule has 0 aliphatic carbocycles. The van der Waals surface area contributed by atoms with Gasteiger partial charge in [0.2, 0.25) is 0 Å². The highest BCUT2D eigenvalue weighted by atomic mass is 16.4. The van der Waals surface area contributed by atoms with E-state index in [4.69, 9.17) is 15.1 Å². The van der Waals surface area contributed by atoms with Gasteiger partial charge in [-0.05, 0) is 16.2 Å². The Balaban J connectivity index is 2.55. The molecule has 2 rings (SSSR count). The van der Waals surface area contributed by atoms with Crippen LogP contribution in [-0.4, -0.2) is 29.7 Å². The number of hydrogen-bond donors (Lipinski definition) is 3. The molecule has 0 fully saturated rings. The van der Waals surface area contributed by atoms with Crippen molar-refractivity contribution in [3.8, 4) is 0 Å². The molecule has 0 saturated heterocycles. The van der Waals surface area contributed by atoms with Crippen LogP contribution < -0.4 is 10.9 Å². The first-order valence-electron chi connectivity index (χ1n) is 4.70. The van der Waals surface area contributed by atoms with Gasteiger partial charge in [-0.15, -0.1) is 0 Å². The van der Waals surface area contributed by atoms with E-state index < -0.39 is 7.12 Å². The summed E-state index contributed by atoms with van der Waals surface area (Å²) >= 11 is 0. The summed E-state index contributed by atoms with van der Waals surface area (Å²) in [5.74, 6) is 0. The standard InChI is InChI=1S/C10H10B2O3/c13-11-9-3-1-8-6-10(12(14)15)4-2-7(8)5-9/h1-6,11,13-15H. The minimum absolute atomic E-state index is 0.0142. The van der Waals surface area contributed by atoms with Crippen LogP contribution in [0.2, 0.25) is 0 Å². The monoisotopic (exact) mass is 200 g/mol. The Morgan fingerprint density at radius 1 is 0.933 bits per heavy atom. The number of rotatable bonds is 2.